The van der Waals surface area contributed by atoms with Crippen LogP contribution >= 0.6 is 11.3 Å². The Hall–Kier alpha value is -1.06. The molecule has 0 amide bonds. The Labute approximate surface area is 87.1 Å². The molecule has 2 nitrogen and oxygen atoms in total. The Balaban J connectivity index is 2.19. The molecular weight excluding hydrogens is 196 g/mol. The fourth-order valence-electron chi connectivity index (χ4n) is 1.31. The molecule has 0 aliphatic carbocycles. The highest BCUT2D eigenvalue weighted by atomic mass is 32.1. The summed E-state index contributed by atoms with van der Waals surface area (Å²) >= 11 is 1.71. The van der Waals surface area contributed by atoms with Gasteiger partial charge in [0.05, 0.1) is 11.3 Å². The molecule has 0 spiro atoms. The minimum absolute atomic E-state index is 0.605. The number of hydrogen-bond acceptors (Lipinski definition) is 3. The topological polar surface area (TPSA) is 18.5 Å². The highest BCUT2D eigenvalue weighted by Gasteiger charge is 2.01. The lowest BCUT2D eigenvalue weighted by Crippen LogP contribution is -2.03. The Morgan fingerprint density at radius 3 is 3.00 bits per heavy atom. The first-order valence-electron chi connectivity index (χ1n) is 4.50. The zero-order chi connectivity index (χ0) is 9.80. The summed E-state index contributed by atoms with van der Waals surface area (Å²) in [5.41, 5.74) is 0. The summed E-state index contributed by atoms with van der Waals surface area (Å²) in [6.07, 6.45) is 0. The van der Waals surface area contributed by atoms with Crippen molar-refractivity contribution in [1.82, 2.24) is 0 Å². The Bertz CT molecular complexity index is 408. The van der Waals surface area contributed by atoms with Crippen molar-refractivity contribution in [1.29, 1.82) is 0 Å². The summed E-state index contributed by atoms with van der Waals surface area (Å²) in [5, 5.41) is 3.32. The maximum absolute atomic E-state index is 5.60. The second-order valence-corrected chi connectivity index (χ2v) is 3.85. The summed E-state index contributed by atoms with van der Waals surface area (Å²) in [6.45, 7) is 1.23. The van der Waals surface area contributed by atoms with Crippen LogP contribution in [0, 0.1) is 0 Å². The van der Waals surface area contributed by atoms with Gasteiger partial charge >= 0.3 is 0 Å². The van der Waals surface area contributed by atoms with E-state index < -0.39 is 0 Å². The van der Waals surface area contributed by atoms with Crippen LogP contribution in [0.5, 0.6) is 5.75 Å². The maximum Gasteiger partial charge on any atom is 0.137 e. The van der Waals surface area contributed by atoms with Gasteiger partial charge in [0.15, 0.2) is 0 Å². The van der Waals surface area contributed by atoms with E-state index in [0.29, 0.717) is 13.2 Å². The van der Waals surface area contributed by atoms with Crippen LogP contribution in [-0.2, 0) is 4.74 Å². The number of fused-ring (bicyclic) bond motifs is 1. The van der Waals surface area contributed by atoms with E-state index in [9.17, 15) is 0 Å². The van der Waals surface area contributed by atoms with E-state index >= 15 is 0 Å². The SMILES string of the molecule is COCCOc1cccc2ccsc12. The quantitative estimate of drug-likeness (QED) is 0.719. The second kappa shape index (κ2) is 4.44. The monoisotopic (exact) mass is 208 g/mol. The fourth-order valence-corrected chi connectivity index (χ4v) is 2.18. The number of hydrogen-bond donors (Lipinski definition) is 0. The van der Waals surface area contributed by atoms with E-state index in [0.717, 1.165) is 5.75 Å². The first kappa shape index (κ1) is 9.49. The number of benzene rings is 1. The van der Waals surface area contributed by atoms with Gasteiger partial charge in [-0.1, -0.05) is 12.1 Å². The van der Waals surface area contributed by atoms with E-state index in [1.807, 2.05) is 12.1 Å². The fraction of sp³-hybridized carbons (Fsp3) is 0.273. The van der Waals surface area contributed by atoms with Crippen LogP contribution in [0.3, 0.4) is 0 Å². The van der Waals surface area contributed by atoms with Gasteiger partial charge in [0.1, 0.15) is 12.4 Å². The summed E-state index contributed by atoms with van der Waals surface area (Å²) < 4.78 is 11.8. The molecule has 1 aromatic carbocycles. The predicted octanol–water partition coefficient (Wildman–Crippen LogP) is 2.93. The third kappa shape index (κ3) is 1.89. The highest BCUT2D eigenvalue weighted by Crippen LogP contribution is 2.30. The molecule has 14 heavy (non-hydrogen) atoms. The lowest BCUT2D eigenvalue weighted by Gasteiger charge is -2.05. The van der Waals surface area contributed by atoms with Crippen LogP contribution in [0.25, 0.3) is 10.1 Å². The molecule has 3 heteroatoms. The average molecular weight is 208 g/mol. The Kier molecular flexibility index (Phi) is 3.01. The van der Waals surface area contributed by atoms with E-state index in [2.05, 4.69) is 17.5 Å². The van der Waals surface area contributed by atoms with Gasteiger partial charge in [-0.05, 0) is 22.9 Å². The molecule has 0 saturated carbocycles. The molecule has 2 aromatic rings. The molecule has 0 N–H and O–H groups in total. The number of rotatable bonds is 4. The molecule has 0 saturated heterocycles. The lowest BCUT2D eigenvalue weighted by atomic mass is 10.2. The normalized spacial score (nSPS) is 10.6. The Morgan fingerprint density at radius 1 is 1.21 bits per heavy atom. The van der Waals surface area contributed by atoms with Crippen molar-refractivity contribution in [2.45, 2.75) is 0 Å². The van der Waals surface area contributed by atoms with Crippen LogP contribution < -0.4 is 4.74 Å². The standard InChI is InChI=1S/C11H12O2S/c1-12-6-7-13-10-4-2-3-9-5-8-14-11(9)10/h2-5,8H,6-7H2,1H3. The molecule has 0 bridgehead atoms. The summed E-state index contributed by atoms with van der Waals surface area (Å²) in [4.78, 5) is 0. The second-order valence-electron chi connectivity index (χ2n) is 2.94. The summed E-state index contributed by atoms with van der Waals surface area (Å²) in [7, 11) is 1.68. The molecule has 0 aliphatic heterocycles. The van der Waals surface area contributed by atoms with Crippen LogP contribution in [0.2, 0.25) is 0 Å². The first-order valence-corrected chi connectivity index (χ1v) is 5.38. The van der Waals surface area contributed by atoms with E-state index in [-0.39, 0.29) is 0 Å². The van der Waals surface area contributed by atoms with Crippen LogP contribution in [-0.4, -0.2) is 20.3 Å². The summed E-state index contributed by atoms with van der Waals surface area (Å²) in [5.74, 6) is 0.953. The largest absolute Gasteiger partial charge is 0.490 e. The lowest BCUT2D eigenvalue weighted by molar-refractivity contribution is 0.147. The smallest absolute Gasteiger partial charge is 0.137 e. The molecule has 0 fully saturated rings. The highest BCUT2D eigenvalue weighted by molar-refractivity contribution is 7.17. The summed E-state index contributed by atoms with van der Waals surface area (Å²) in [6, 6.07) is 8.20. The van der Waals surface area contributed by atoms with Gasteiger partial charge in [0.25, 0.3) is 0 Å². The van der Waals surface area contributed by atoms with Crippen molar-refractivity contribution in [3.8, 4) is 5.75 Å². The van der Waals surface area contributed by atoms with E-state index in [1.165, 1.54) is 10.1 Å². The van der Waals surface area contributed by atoms with Gasteiger partial charge in [-0.15, -0.1) is 11.3 Å². The van der Waals surface area contributed by atoms with Crippen LogP contribution in [0.4, 0.5) is 0 Å². The zero-order valence-electron chi connectivity index (χ0n) is 8.03. The molecular formula is C11H12O2S. The van der Waals surface area contributed by atoms with Gasteiger partial charge in [-0.25, -0.2) is 0 Å². The van der Waals surface area contributed by atoms with E-state index in [4.69, 9.17) is 9.47 Å². The number of methoxy groups -OCH3 is 1. The van der Waals surface area contributed by atoms with Crippen molar-refractivity contribution in [2.24, 2.45) is 0 Å². The van der Waals surface area contributed by atoms with Gasteiger partial charge in [0.2, 0.25) is 0 Å². The first-order chi connectivity index (χ1) is 6.92. The van der Waals surface area contributed by atoms with Gasteiger partial charge in [-0.2, -0.15) is 0 Å². The molecule has 0 radical (unpaired) electrons. The van der Waals surface area contributed by atoms with Crippen molar-refractivity contribution >= 4 is 21.4 Å². The average Bonchev–Trinajstić information content (AvgIpc) is 2.67. The third-order valence-electron chi connectivity index (χ3n) is 1.99. The molecule has 0 aliphatic rings. The van der Waals surface area contributed by atoms with Gasteiger partial charge < -0.3 is 9.47 Å². The molecule has 1 aromatic heterocycles. The number of ether oxygens (including phenoxy) is 2. The van der Waals surface area contributed by atoms with Crippen molar-refractivity contribution < 1.29 is 9.47 Å². The third-order valence-corrected chi connectivity index (χ3v) is 2.93. The minimum Gasteiger partial charge on any atom is -0.490 e. The Morgan fingerprint density at radius 2 is 2.14 bits per heavy atom. The molecule has 74 valence electrons. The molecule has 2 rings (SSSR count). The van der Waals surface area contributed by atoms with Crippen molar-refractivity contribution in [2.75, 3.05) is 20.3 Å². The number of thiophene rings is 1. The van der Waals surface area contributed by atoms with Gasteiger partial charge in [-0.3, -0.25) is 0 Å². The minimum atomic E-state index is 0.605. The van der Waals surface area contributed by atoms with Crippen molar-refractivity contribution in [3.63, 3.8) is 0 Å². The van der Waals surface area contributed by atoms with Crippen LogP contribution in [0.1, 0.15) is 0 Å². The van der Waals surface area contributed by atoms with Crippen molar-refractivity contribution in [3.05, 3.63) is 29.6 Å². The van der Waals surface area contributed by atoms with Crippen LogP contribution in [0.15, 0.2) is 29.6 Å². The molecule has 1 heterocycles. The van der Waals surface area contributed by atoms with E-state index in [1.54, 1.807) is 18.4 Å². The predicted molar refractivity (Wildman–Crippen MR) is 59.2 cm³/mol. The molecule has 0 atom stereocenters. The maximum atomic E-state index is 5.60. The zero-order valence-corrected chi connectivity index (χ0v) is 8.84. The molecule has 0 unspecified atom stereocenters. The van der Waals surface area contributed by atoms with Gasteiger partial charge in [0, 0.05) is 7.11 Å².